The molecule has 2 atom stereocenters. The summed E-state index contributed by atoms with van der Waals surface area (Å²) in [5.41, 5.74) is -0.0696. The number of benzene rings is 1. The second kappa shape index (κ2) is 5.26. The lowest BCUT2D eigenvalue weighted by Crippen LogP contribution is -2.52. The van der Waals surface area contributed by atoms with Gasteiger partial charge in [-0.1, -0.05) is 19.9 Å². The highest BCUT2D eigenvalue weighted by Gasteiger charge is 2.41. The number of fused-ring (bicyclic) bond motifs is 1. The van der Waals surface area contributed by atoms with Crippen LogP contribution in [0.3, 0.4) is 0 Å². The van der Waals surface area contributed by atoms with E-state index in [4.69, 9.17) is 0 Å². The third-order valence-corrected chi connectivity index (χ3v) is 5.25. The van der Waals surface area contributed by atoms with Gasteiger partial charge in [0.15, 0.2) is 9.84 Å². The Kier molecular flexibility index (Phi) is 4.08. The molecule has 0 saturated heterocycles. The van der Waals surface area contributed by atoms with E-state index in [9.17, 15) is 18.6 Å². The quantitative estimate of drug-likeness (QED) is 0.783. The number of phenolic OH excluding ortho intramolecular Hbond substituents is 1. The fourth-order valence-corrected chi connectivity index (χ4v) is 4.26. The molecule has 0 amide bonds. The normalized spacial score (nSPS) is 25.9. The summed E-state index contributed by atoms with van der Waals surface area (Å²) < 4.78 is 23.9. The number of phenols is 1. The number of hydrogen-bond donors (Lipinski definition) is 3. The van der Waals surface area contributed by atoms with E-state index < -0.39 is 15.4 Å². The van der Waals surface area contributed by atoms with E-state index in [1.54, 1.807) is 13.0 Å². The highest BCUT2D eigenvalue weighted by molar-refractivity contribution is 7.90. The monoisotopic (exact) mass is 313 g/mol. The van der Waals surface area contributed by atoms with Crippen molar-refractivity contribution in [2.45, 2.75) is 56.2 Å². The number of aromatic hydroxyl groups is 1. The summed E-state index contributed by atoms with van der Waals surface area (Å²) in [5, 5.41) is 24.1. The van der Waals surface area contributed by atoms with E-state index in [-0.39, 0.29) is 22.7 Å². The minimum absolute atomic E-state index is 0.0525. The molecule has 1 aliphatic rings. The standard InChI is InChI=1S/C15H23NO4S/c1-9(2)16-13-8-5-10-11(15(13,3)18)6-7-12(17)14(10)21(4,19)20/h6-7,9,13,16-18H,5,8H2,1-4H3. The molecule has 0 bridgehead atoms. The summed E-state index contributed by atoms with van der Waals surface area (Å²) in [7, 11) is -3.55. The molecule has 6 heteroatoms. The van der Waals surface area contributed by atoms with Crippen LogP contribution < -0.4 is 5.32 Å². The maximum absolute atomic E-state index is 11.9. The molecule has 0 saturated carbocycles. The van der Waals surface area contributed by atoms with Crippen molar-refractivity contribution in [1.29, 1.82) is 0 Å². The topological polar surface area (TPSA) is 86.6 Å². The Morgan fingerprint density at radius 3 is 2.52 bits per heavy atom. The zero-order valence-corrected chi connectivity index (χ0v) is 13.7. The van der Waals surface area contributed by atoms with Gasteiger partial charge >= 0.3 is 0 Å². The molecular formula is C15H23NO4S. The third-order valence-electron chi connectivity index (χ3n) is 4.05. The predicted octanol–water partition coefficient (Wildman–Crippen LogP) is 1.32. The first-order chi connectivity index (χ1) is 9.55. The Hall–Kier alpha value is -1.11. The van der Waals surface area contributed by atoms with Crippen molar-refractivity contribution in [2.75, 3.05) is 6.26 Å². The Balaban J connectivity index is 2.60. The Labute approximate surface area is 125 Å². The van der Waals surface area contributed by atoms with E-state index in [0.29, 0.717) is 24.0 Å². The van der Waals surface area contributed by atoms with Gasteiger partial charge in [-0.25, -0.2) is 8.42 Å². The molecule has 21 heavy (non-hydrogen) atoms. The summed E-state index contributed by atoms with van der Waals surface area (Å²) in [5.74, 6) is -0.248. The second-order valence-corrected chi connectivity index (χ2v) is 8.22. The van der Waals surface area contributed by atoms with E-state index in [2.05, 4.69) is 5.32 Å². The highest BCUT2D eigenvalue weighted by atomic mass is 32.2. The van der Waals surface area contributed by atoms with Crippen LogP contribution in [0, 0.1) is 0 Å². The number of nitrogens with one attached hydrogen (secondary N) is 1. The largest absolute Gasteiger partial charge is 0.507 e. The van der Waals surface area contributed by atoms with Crippen LogP contribution in [0.2, 0.25) is 0 Å². The van der Waals surface area contributed by atoms with Crippen LogP contribution in [0.4, 0.5) is 0 Å². The predicted molar refractivity (Wildman–Crippen MR) is 81.2 cm³/mol. The molecular weight excluding hydrogens is 290 g/mol. The number of rotatable bonds is 3. The first-order valence-corrected chi connectivity index (χ1v) is 8.98. The smallest absolute Gasteiger partial charge is 0.179 e. The summed E-state index contributed by atoms with van der Waals surface area (Å²) in [6.45, 7) is 5.70. The Morgan fingerprint density at radius 2 is 2.00 bits per heavy atom. The minimum Gasteiger partial charge on any atom is -0.507 e. The van der Waals surface area contributed by atoms with Gasteiger partial charge < -0.3 is 15.5 Å². The summed E-state index contributed by atoms with van der Waals surface area (Å²) in [6, 6.07) is 3.03. The lowest BCUT2D eigenvalue weighted by molar-refractivity contribution is 0.00118. The molecule has 2 rings (SSSR count). The van der Waals surface area contributed by atoms with Crippen LogP contribution in [0.15, 0.2) is 17.0 Å². The van der Waals surface area contributed by atoms with Crippen molar-refractivity contribution in [3.05, 3.63) is 23.3 Å². The van der Waals surface area contributed by atoms with Gasteiger partial charge in [0.05, 0.1) is 0 Å². The molecule has 118 valence electrons. The lowest BCUT2D eigenvalue weighted by atomic mass is 9.76. The molecule has 5 nitrogen and oxygen atoms in total. The fraction of sp³-hybridized carbons (Fsp3) is 0.600. The molecule has 0 aromatic heterocycles. The molecule has 0 fully saturated rings. The second-order valence-electron chi connectivity index (χ2n) is 6.27. The van der Waals surface area contributed by atoms with Crippen molar-refractivity contribution >= 4 is 9.84 Å². The summed E-state index contributed by atoms with van der Waals surface area (Å²) in [6.07, 6.45) is 2.20. The highest BCUT2D eigenvalue weighted by Crippen LogP contribution is 2.41. The maximum atomic E-state index is 11.9. The SMILES string of the molecule is CC(C)NC1CCc2c(ccc(O)c2S(C)(=O)=O)C1(C)O. The Morgan fingerprint density at radius 1 is 1.38 bits per heavy atom. The van der Waals surface area contributed by atoms with Gasteiger partial charge in [0, 0.05) is 18.3 Å². The van der Waals surface area contributed by atoms with E-state index in [1.165, 1.54) is 6.07 Å². The molecule has 3 N–H and O–H groups in total. The van der Waals surface area contributed by atoms with Gasteiger partial charge in [0.1, 0.15) is 16.2 Å². The zero-order chi connectivity index (χ0) is 16.0. The van der Waals surface area contributed by atoms with Crippen molar-refractivity contribution in [3.63, 3.8) is 0 Å². The third kappa shape index (κ3) is 2.93. The van der Waals surface area contributed by atoms with E-state index >= 15 is 0 Å². The first kappa shape index (κ1) is 16.3. The van der Waals surface area contributed by atoms with Crippen LogP contribution >= 0.6 is 0 Å². The van der Waals surface area contributed by atoms with Crippen LogP contribution in [0.1, 0.15) is 38.3 Å². The zero-order valence-electron chi connectivity index (χ0n) is 12.8. The van der Waals surface area contributed by atoms with E-state index in [1.807, 2.05) is 13.8 Å². The van der Waals surface area contributed by atoms with Crippen molar-refractivity contribution in [1.82, 2.24) is 5.32 Å². The van der Waals surface area contributed by atoms with Crippen molar-refractivity contribution in [3.8, 4) is 5.75 Å². The van der Waals surface area contributed by atoms with Crippen LogP contribution in [-0.2, 0) is 21.9 Å². The number of aliphatic hydroxyl groups is 1. The van der Waals surface area contributed by atoms with Gasteiger partial charge in [-0.05, 0) is 37.0 Å². The minimum atomic E-state index is -3.55. The Bertz CT molecular complexity index is 650. The molecule has 1 aliphatic carbocycles. The van der Waals surface area contributed by atoms with Crippen LogP contribution in [-0.4, -0.2) is 37.0 Å². The average molecular weight is 313 g/mol. The van der Waals surface area contributed by atoms with Gasteiger partial charge in [-0.2, -0.15) is 0 Å². The molecule has 2 unspecified atom stereocenters. The molecule has 1 aromatic rings. The van der Waals surface area contributed by atoms with Gasteiger partial charge in [0.25, 0.3) is 0 Å². The summed E-state index contributed by atoms with van der Waals surface area (Å²) in [4.78, 5) is -0.0525. The van der Waals surface area contributed by atoms with E-state index in [0.717, 1.165) is 6.26 Å². The molecule has 0 aliphatic heterocycles. The van der Waals surface area contributed by atoms with Crippen molar-refractivity contribution in [2.24, 2.45) is 0 Å². The van der Waals surface area contributed by atoms with Crippen LogP contribution in [0.25, 0.3) is 0 Å². The van der Waals surface area contributed by atoms with Gasteiger partial charge in [-0.3, -0.25) is 0 Å². The maximum Gasteiger partial charge on any atom is 0.179 e. The van der Waals surface area contributed by atoms with Gasteiger partial charge in [0.2, 0.25) is 0 Å². The lowest BCUT2D eigenvalue weighted by Gasteiger charge is -2.41. The van der Waals surface area contributed by atoms with Crippen molar-refractivity contribution < 1.29 is 18.6 Å². The molecule has 1 aromatic carbocycles. The number of hydrogen-bond acceptors (Lipinski definition) is 5. The summed E-state index contributed by atoms with van der Waals surface area (Å²) >= 11 is 0. The molecule has 0 spiro atoms. The fourth-order valence-electron chi connectivity index (χ4n) is 3.16. The molecule has 0 heterocycles. The van der Waals surface area contributed by atoms with Gasteiger partial charge in [-0.15, -0.1) is 0 Å². The number of sulfone groups is 1. The first-order valence-electron chi connectivity index (χ1n) is 7.09. The van der Waals surface area contributed by atoms with Crippen LogP contribution in [0.5, 0.6) is 5.75 Å². The average Bonchev–Trinajstić information content (AvgIpc) is 2.30. The molecule has 0 radical (unpaired) electrons.